The summed E-state index contributed by atoms with van der Waals surface area (Å²) in [6.45, 7) is 8.03. The molecule has 1 aliphatic heterocycles. The molecule has 3 aliphatic rings. The normalized spacial score (nSPS) is 37.2. The van der Waals surface area contributed by atoms with Crippen molar-refractivity contribution in [3.63, 3.8) is 0 Å². The summed E-state index contributed by atoms with van der Waals surface area (Å²) in [5, 5.41) is 20.7. The number of ether oxygens (including phenoxy) is 1. The SMILES string of the molecule is C=CC(=O)NC1CCC(OC)C(NC2NCNC(NC3CCCCC3P(C)(C)=O)N2)C1. The lowest BCUT2D eigenvalue weighted by Gasteiger charge is -2.43. The van der Waals surface area contributed by atoms with Gasteiger partial charge in [-0.25, -0.2) is 0 Å². The Balaban J connectivity index is 1.56. The third kappa shape index (κ3) is 7.09. The van der Waals surface area contributed by atoms with E-state index in [0.717, 1.165) is 38.5 Å². The molecule has 1 amide bonds. The fourth-order valence-electron chi connectivity index (χ4n) is 5.23. The largest absolute Gasteiger partial charge is 0.380 e. The molecule has 0 aromatic carbocycles. The van der Waals surface area contributed by atoms with E-state index < -0.39 is 7.14 Å². The van der Waals surface area contributed by atoms with Crippen LogP contribution in [-0.2, 0) is 14.1 Å². The molecule has 9 nitrogen and oxygen atoms in total. The molecular formula is C21H41N6O3P. The van der Waals surface area contributed by atoms with Gasteiger partial charge in [0.2, 0.25) is 5.91 Å². The van der Waals surface area contributed by atoms with Crippen molar-refractivity contribution in [1.29, 1.82) is 0 Å². The lowest BCUT2D eigenvalue weighted by atomic mass is 9.88. The highest BCUT2D eigenvalue weighted by atomic mass is 31.2. The molecule has 2 saturated carbocycles. The summed E-state index contributed by atoms with van der Waals surface area (Å²) >= 11 is 0. The van der Waals surface area contributed by atoms with Gasteiger partial charge in [0.1, 0.15) is 12.6 Å². The van der Waals surface area contributed by atoms with Crippen LogP contribution in [0, 0.1) is 0 Å². The van der Waals surface area contributed by atoms with Crippen LogP contribution in [0.3, 0.4) is 0 Å². The highest BCUT2D eigenvalue weighted by Crippen LogP contribution is 2.49. The molecule has 0 aromatic rings. The second-order valence-corrected chi connectivity index (χ2v) is 13.0. The number of methoxy groups -OCH3 is 1. The summed E-state index contributed by atoms with van der Waals surface area (Å²) < 4.78 is 18.5. The van der Waals surface area contributed by atoms with Gasteiger partial charge in [-0.05, 0) is 51.5 Å². The van der Waals surface area contributed by atoms with Gasteiger partial charge < -0.3 is 14.6 Å². The smallest absolute Gasteiger partial charge is 0.243 e. The van der Waals surface area contributed by atoms with E-state index in [4.69, 9.17) is 4.74 Å². The Hall–Kier alpha value is -0.800. The molecule has 178 valence electrons. The van der Waals surface area contributed by atoms with E-state index >= 15 is 0 Å². The molecule has 0 aromatic heterocycles. The average molecular weight is 457 g/mol. The molecule has 3 fully saturated rings. The van der Waals surface area contributed by atoms with E-state index in [1.165, 1.54) is 12.5 Å². The summed E-state index contributed by atoms with van der Waals surface area (Å²) in [6.07, 6.45) is 8.24. The van der Waals surface area contributed by atoms with Gasteiger partial charge in [-0.2, -0.15) is 0 Å². The second kappa shape index (κ2) is 11.4. The lowest BCUT2D eigenvalue weighted by Crippen LogP contribution is -2.74. The van der Waals surface area contributed by atoms with Crippen LogP contribution in [-0.4, -0.2) is 75.5 Å². The van der Waals surface area contributed by atoms with Gasteiger partial charge in [0.25, 0.3) is 0 Å². The van der Waals surface area contributed by atoms with Gasteiger partial charge in [-0.15, -0.1) is 0 Å². The Bertz CT molecular complexity index is 659. The standard InChI is InChI=1S/C21H41N6O3P/c1-5-19(28)24-14-10-11-17(30-2)16(12-14)26-21-23-13-22-20(27-21)25-15-8-6-7-9-18(15)31(3,4)29/h5,14-18,20-23,25-27H,1,6-13H2,2-4H3,(H,24,28). The predicted molar refractivity (Wildman–Crippen MR) is 124 cm³/mol. The number of amides is 1. The van der Waals surface area contributed by atoms with Crippen LogP contribution in [0.1, 0.15) is 44.9 Å². The number of carbonyl (C=O) groups is 1. The van der Waals surface area contributed by atoms with Crippen molar-refractivity contribution in [3.8, 4) is 0 Å². The van der Waals surface area contributed by atoms with Crippen LogP contribution < -0.4 is 31.9 Å². The molecule has 7 unspecified atom stereocenters. The van der Waals surface area contributed by atoms with Gasteiger partial charge in [0.05, 0.1) is 19.9 Å². The average Bonchev–Trinajstić information content (AvgIpc) is 2.74. The molecule has 7 atom stereocenters. The molecule has 10 heteroatoms. The van der Waals surface area contributed by atoms with Crippen LogP contribution in [0.25, 0.3) is 0 Å². The zero-order valence-electron chi connectivity index (χ0n) is 19.2. The van der Waals surface area contributed by atoms with Crippen LogP contribution in [0.2, 0.25) is 0 Å². The van der Waals surface area contributed by atoms with Gasteiger partial charge in [-0.1, -0.05) is 19.4 Å². The first-order chi connectivity index (χ1) is 14.8. The molecule has 1 saturated heterocycles. The van der Waals surface area contributed by atoms with Crippen LogP contribution >= 0.6 is 7.14 Å². The van der Waals surface area contributed by atoms with Crippen LogP contribution in [0.5, 0.6) is 0 Å². The van der Waals surface area contributed by atoms with E-state index in [9.17, 15) is 9.36 Å². The summed E-state index contributed by atoms with van der Waals surface area (Å²) in [5.74, 6) is -0.131. The predicted octanol–water partition coefficient (Wildman–Crippen LogP) is 0.645. The number of rotatable bonds is 8. The topological polar surface area (TPSA) is 116 Å². The minimum Gasteiger partial charge on any atom is -0.380 e. The first kappa shape index (κ1) is 24.8. The summed E-state index contributed by atoms with van der Waals surface area (Å²) in [7, 11) is -0.407. The Morgan fingerprint density at radius 3 is 2.39 bits per heavy atom. The number of nitrogens with one attached hydrogen (secondary N) is 6. The zero-order chi connectivity index (χ0) is 22.4. The second-order valence-electron chi connectivity index (χ2n) is 9.45. The van der Waals surface area contributed by atoms with E-state index in [1.54, 1.807) is 7.11 Å². The fraction of sp³-hybridized carbons (Fsp3) is 0.857. The molecule has 0 spiro atoms. The number of carbonyl (C=O) groups excluding carboxylic acids is 1. The number of hydrogen-bond acceptors (Lipinski definition) is 8. The maximum atomic E-state index is 12.8. The highest BCUT2D eigenvalue weighted by molar-refractivity contribution is 7.63. The molecular weight excluding hydrogens is 415 g/mol. The van der Waals surface area contributed by atoms with Gasteiger partial charge in [0.15, 0.2) is 0 Å². The minimum absolute atomic E-state index is 0.0725. The Kier molecular flexibility index (Phi) is 9.11. The van der Waals surface area contributed by atoms with Crippen molar-refractivity contribution in [2.45, 2.75) is 87.4 Å². The minimum atomic E-state index is -2.15. The summed E-state index contributed by atoms with van der Waals surface area (Å²) in [5.41, 5.74) is 0.233. The van der Waals surface area contributed by atoms with E-state index in [2.05, 4.69) is 38.5 Å². The molecule has 6 N–H and O–H groups in total. The maximum absolute atomic E-state index is 12.8. The van der Waals surface area contributed by atoms with Crippen molar-refractivity contribution in [1.82, 2.24) is 31.9 Å². The Morgan fingerprint density at radius 1 is 1.06 bits per heavy atom. The molecule has 1 heterocycles. The molecule has 0 bridgehead atoms. The molecule has 3 rings (SSSR count). The maximum Gasteiger partial charge on any atom is 0.243 e. The van der Waals surface area contributed by atoms with E-state index in [-0.39, 0.29) is 48.4 Å². The first-order valence-corrected chi connectivity index (χ1v) is 14.2. The van der Waals surface area contributed by atoms with E-state index in [1.807, 2.05) is 13.3 Å². The number of hydrogen-bond donors (Lipinski definition) is 6. The van der Waals surface area contributed by atoms with Crippen molar-refractivity contribution in [3.05, 3.63) is 12.7 Å². The third-order valence-electron chi connectivity index (χ3n) is 6.86. The monoisotopic (exact) mass is 456 g/mol. The highest BCUT2D eigenvalue weighted by Gasteiger charge is 2.37. The van der Waals surface area contributed by atoms with Crippen molar-refractivity contribution in [2.24, 2.45) is 0 Å². The van der Waals surface area contributed by atoms with E-state index in [0.29, 0.717) is 6.67 Å². The van der Waals surface area contributed by atoms with Crippen molar-refractivity contribution < 1.29 is 14.1 Å². The molecule has 2 aliphatic carbocycles. The van der Waals surface area contributed by atoms with Crippen molar-refractivity contribution >= 4 is 13.0 Å². The van der Waals surface area contributed by atoms with Crippen LogP contribution in [0.15, 0.2) is 12.7 Å². The lowest BCUT2D eigenvalue weighted by molar-refractivity contribution is -0.117. The summed E-state index contributed by atoms with van der Waals surface area (Å²) in [6, 6.07) is 0.459. The fourth-order valence-corrected chi connectivity index (χ4v) is 7.14. The molecule has 0 radical (unpaired) electrons. The van der Waals surface area contributed by atoms with Gasteiger partial charge in [-0.3, -0.25) is 31.4 Å². The third-order valence-corrected chi connectivity index (χ3v) is 9.07. The Morgan fingerprint density at radius 2 is 1.74 bits per heavy atom. The first-order valence-electron chi connectivity index (χ1n) is 11.6. The van der Waals surface area contributed by atoms with Gasteiger partial charge >= 0.3 is 0 Å². The summed E-state index contributed by atoms with van der Waals surface area (Å²) in [4.78, 5) is 11.7. The van der Waals surface area contributed by atoms with Gasteiger partial charge in [0, 0.05) is 30.9 Å². The molecule has 31 heavy (non-hydrogen) atoms. The van der Waals surface area contributed by atoms with Crippen LogP contribution in [0.4, 0.5) is 0 Å². The quantitative estimate of drug-likeness (QED) is 0.233. The zero-order valence-corrected chi connectivity index (χ0v) is 20.0. The van der Waals surface area contributed by atoms with Crippen molar-refractivity contribution in [2.75, 3.05) is 27.1 Å². The Labute approximate surface area is 186 Å².